The zero-order chi connectivity index (χ0) is 13.4. The van der Waals surface area contributed by atoms with Gasteiger partial charge in [0, 0.05) is 18.5 Å². The van der Waals surface area contributed by atoms with E-state index in [1.165, 1.54) is 32.1 Å². The number of likely N-dealkylation sites (N-methyl/N-ethyl adjacent to an activating group) is 1. The third-order valence-corrected chi connectivity index (χ3v) is 4.26. The number of hydrogen-bond acceptors (Lipinski definition) is 2. The highest BCUT2D eigenvalue weighted by Crippen LogP contribution is 2.31. The van der Waals surface area contributed by atoms with Crippen LogP contribution in [0.2, 0.25) is 0 Å². The lowest BCUT2D eigenvalue weighted by atomic mass is 9.79. The van der Waals surface area contributed by atoms with Crippen LogP contribution in [0, 0.1) is 11.8 Å². The van der Waals surface area contributed by atoms with Crippen LogP contribution in [0.5, 0.6) is 0 Å². The fourth-order valence-corrected chi connectivity index (χ4v) is 2.71. The Balaban J connectivity index is 0.00000324. The van der Waals surface area contributed by atoms with Crippen molar-refractivity contribution in [2.24, 2.45) is 11.8 Å². The largest absolute Gasteiger partial charge is 0.354 e. The SMILES string of the molecule is CCCCC1CCC(C(=O)NCC(C)NC)CC1.Cl. The van der Waals surface area contributed by atoms with E-state index >= 15 is 0 Å². The molecule has 1 rings (SSSR count). The van der Waals surface area contributed by atoms with Crippen molar-refractivity contribution in [1.29, 1.82) is 0 Å². The molecule has 3 nitrogen and oxygen atoms in total. The van der Waals surface area contributed by atoms with Crippen molar-refractivity contribution in [3.05, 3.63) is 0 Å². The number of carbonyl (C=O) groups excluding carboxylic acids is 1. The van der Waals surface area contributed by atoms with Crippen LogP contribution < -0.4 is 10.6 Å². The van der Waals surface area contributed by atoms with Crippen LogP contribution in [0.3, 0.4) is 0 Å². The van der Waals surface area contributed by atoms with Crippen LogP contribution in [0.25, 0.3) is 0 Å². The summed E-state index contributed by atoms with van der Waals surface area (Å²) in [5.74, 6) is 1.42. The molecule has 0 heterocycles. The second kappa shape index (κ2) is 10.5. The third kappa shape index (κ3) is 7.17. The molecule has 1 atom stereocenters. The lowest BCUT2D eigenvalue weighted by Gasteiger charge is -2.28. The first kappa shape index (κ1) is 18.7. The summed E-state index contributed by atoms with van der Waals surface area (Å²) in [5, 5.41) is 6.20. The highest BCUT2D eigenvalue weighted by atomic mass is 35.5. The predicted molar refractivity (Wildman–Crippen MR) is 83.8 cm³/mol. The minimum absolute atomic E-state index is 0. The molecule has 1 aliphatic carbocycles. The molecule has 0 aliphatic heterocycles. The first-order chi connectivity index (χ1) is 8.67. The third-order valence-electron chi connectivity index (χ3n) is 4.26. The number of unbranched alkanes of at least 4 members (excludes halogenated alkanes) is 1. The second-order valence-corrected chi connectivity index (χ2v) is 5.79. The van der Waals surface area contributed by atoms with Crippen molar-refractivity contribution in [2.45, 2.75) is 64.8 Å². The van der Waals surface area contributed by atoms with Crippen LogP contribution in [0.1, 0.15) is 58.8 Å². The molecule has 0 spiro atoms. The van der Waals surface area contributed by atoms with Gasteiger partial charge in [0.15, 0.2) is 0 Å². The minimum Gasteiger partial charge on any atom is -0.354 e. The summed E-state index contributed by atoms with van der Waals surface area (Å²) in [6, 6.07) is 0.356. The summed E-state index contributed by atoms with van der Waals surface area (Å²) in [6.07, 6.45) is 8.69. The summed E-state index contributed by atoms with van der Waals surface area (Å²) in [5.41, 5.74) is 0. The number of carbonyl (C=O) groups is 1. The summed E-state index contributed by atoms with van der Waals surface area (Å²) >= 11 is 0. The highest BCUT2D eigenvalue weighted by Gasteiger charge is 2.25. The topological polar surface area (TPSA) is 41.1 Å². The zero-order valence-corrected chi connectivity index (χ0v) is 13.5. The van der Waals surface area contributed by atoms with E-state index in [-0.39, 0.29) is 24.2 Å². The van der Waals surface area contributed by atoms with E-state index in [0.717, 1.165) is 25.3 Å². The Kier molecular flexibility index (Phi) is 10.3. The average molecular weight is 291 g/mol. The summed E-state index contributed by atoms with van der Waals surface area (Å²) < 4.78 is 0. The van der Waals surface area contributed by atoms with E-state index < -0.39 is 0 Å². The van der Waals surface area contributed by atoms with Crippen molar-refractivity contribution in [3.63, 3.8) is 0 Å². The molecule has 0 aromatic carbocycles. The van der Waals surface area contributed by atoms with Gasteiger partial charge in [-0.2, -0.15) is 0 Å². The Bertz CT molecular complexity index is 240. The van der Waals surface area contributed by atoms with E-state index in [1.807, 2.05) is 7.05 Å². The monoisotopic (exact) mass is 290 g/mol. The fraction of sp³-hybridized carbons (Fsp3) is 0.933. The Hall–Kier alpha value is -0.280. The van der Waals surface area contributed by atoms with Crippen LogP contribution in [-0.2, 0) is 4.79 Å². The number of rotatable bonds is 7. The fourth-order valence-electron chi connectivity index (χ4n) is 2.71. The minimum atomic E-state index is 0. The van der Waals surface area contributed by atoms with Gasteiger partial charge < -0.3 is 10.6 Å². The lowest BCUT2D eigenvalue weighted by Crippen LogP contribution is -2.40. The molecule has 4 heteroatoms. The van der Waals surface area contributed by atoms with Gasteiger partial charge in [-0.1, -0.05) is 26.2 Å². The average Bonchev–Trinajstić information content (AvgIpc) is 2.42. The number of halogens is 1. The van der Waals surface area contributed by atoms with Crippen molar-refractivity contribution in [3.8, 4) is 0 Å². The van der Waals surface area contributed by atoms with E-state index in [2.05, 4.69) is 24.5 Å². The highest BCUT2D eigenvalue weighted by molar-refractivity contribution is 5.85. The maximum atomic E-state index is 12.0. The molecule has 0 aromatic heterocycles. The molecule has 0 bridgehead atoms. The Labute approximate surface area is 124 Å². The van der Waals surface area contributed by atoms with Gasteiger partial charge in [-0.15, -0.1) is 12.4 Å². The summed E-state index contributed by atoms with van der Waals surface area (Å²) in [6.45, 7) is 5.08. The van der Waals surface area contributed by atoms with Crippen LogP contribution >= 0.6 is 12.4 Å². The van der Waals surface area contributed by atoms with Crippen molar-refractivity contribution in [1.82, 2.24) is 10.6 Å². The standard InChI is InChI=1S/C15H30N2O.ClH/c1-4-5-6-13-7-9-14(10-8-13)15(18)17-11-12(2)16-3;/h12-14,16H,4-11H2,1-3H3,(H,17,18);1H. The Morgan fingerprint density at radius 2 is 1.89 bits per heavy atom. The quantitative estimate of drug-likeness (QED) is 0.756. The van der Waals surface area contributed by atoms with Gasteiger partial charge >= 0.3 is 0 Å². The second-order valence-electron chi connectivity index (χ2n) is 5.79. The molecular weight excluding hydrogens is 260 g/mol. The van der Waals surface area contributed by atoms with Gasteiger partial charge in [-0.25, -0.2) is 0 Å². The molecule has 1 fully saturated rings. The van der Waals surface area contributed by atoms with Crippen LogP contribution in [0.15, 0.2) is 0 Å². The van der Waals surface area contributed by atoms with Gasteiger partial charge in [0.2, 0.25) is 5.91 Å². The number of amides is 1. The summed E-state index contributed by atoms with van der Waals surface area (Å²) in [4.78, 5) is 12.0. The number of hydrogen-bond donors (Lipinski definition) is 2. The van der Waals surface area contributed by atoms with Crippen molar-refractivity contribution < 1.29 is 4.79 Å². The van der Waals surface area contributed by atoms with Crippen molar-refractivity contribution in [2.75, 3.05) is 13.6 Å². The van der Waals surface area contributed by atoms with Gasteiger partial charge in [-0.05, 0) is 45.6 Å². The Morgan fingerprint density at radius 3 is 2.42 bits per heavy atom. The molecular formula is C15H31ClN2O. The first-order valence-electron chi connectivity index (χ1n) is 7.62. The molecule has 2 N–H and O–H groups in total. The van der Waals surface area contributed by atoms with E-state index in [1.54, 1.807) is 0 Å². The van der Waals surface area contributed by atoms with Gasteiger partial charge in [0.25, 0.3) is 0 Å². The van der Waals surface area contributed by atoms with Crippen LogP contribution in [0.4, 0.5) is 0 Å². The molecule has 1 saturated carbocycles. The maximum Gasteiger partial charge on any atom is 0.223 e. The van der Waals surface area contributed by atoms with Crippen LogP contribution in [-0.4, -0.2) is 25.5 Å². The molecule has 1 aliphatic rings. The smallest absolute Gasteiger partial charge is 0.223 e. The lowest BCUT2D eigenvalue weighted by molar-refractivity contribution is -0.126. The van der Waals surface area contributed by atoms with Gasteiger partial charge in [-0.3, -0.25) is 4.79 Å². The molecule has 1 amide bonds. The van der Waals surface area contributed by atoms with E-state index in [0.29, 0.717) is 6.04 Å². The summed E-state index contributed by atoms with van der Waals surface area (Å²) in [7, 11) is 1.93. The maximum absolute atomic E-state index is 12.0. The molecule has 0 saturated heterocycles. The normalized spacial score (nSPS) is 24.4. The van der Waals surface area contributed by atoms with E-state index in [9.17, 15) is 4.79 Å². The first-order valence-corrected chi connectivity index (χ1v) is 7.62. The predicted octanol–water partition coefficient (Wildman–Crippen LogP) is 3.13. The van der Waals surface area contributed by atoms with Gasteiger partial charge in [0.05, 0.1) is 0 Å². The molecule has 1 unspecified atom stereocenters. The van der Waals surface area contributed by atoms with E-state index in [4.69, 9.17) is 0 Å². The van der Waals surface area contributed by atoms with Gasteiger partial charge in [0.1, 0.15) is 0 Å². The number of nitrogens with one attached hydrogen (secondary N) is 2. The Morgan fingerprint density at radius 1 is 1.26 bits per heavy atom. The molecule has 19 heavy (non-hydrogen) atoms. The van der Waals surface area contributed by atoms with Crippen molar-refractivity contribution >= 4 is 18.3 Å². The molecule has 0 radical (unpaired) electrons. The molecule has 0 aromatic rings. The molecule has 114 valence electrons. The zero-order valence-electron chi connectivity index (χ0n) is 12.7.